The Balaban J connectivity index is 1.37. The second kappa shape index (κ2) is 36.9. The first-order chi connectivity index (χ1) is 47.0. The lowest BCUT2D eigenvalue weighted by Gasteiger charge is -2.21. The molecular formula is C81H114N8O7. The highest BCUT2D eigenvalue weighted by atomic mass is 16.5. The van der Waals surface area contributed by atoms with Crippen molar-refractivity contribution in [1.29, 1.82) is 0 Å². The van der Waals surface area contributed by atoms with E-state index in [1.807, 2.05) is 24.3 Å². The molecule has 6 atom stereocenters. The number of fused-ring (bicyclic) bond motifs is 20. The van der Waals surface area contributed by atoms with Crippen LogP contribution in [-0.2, 0) is 0 Å². The van der Waals surface area contributed by atoms with Crippen LogP contribution in [-0.4, -0.2) is 85.8 Å². The van der Waals surface area contributed by atoms with Gasteiger partial charge in [0.05, 0.1) is 39.6 Å². The number of aromatic amines is 2. The Hall–Kier alpha value is -7.29. The molecule has 2 aliphatic rings. The molecule has 0 spiro atoms. The van der Waals surface area contributed by atoms with Gasteiger partial charge in [0.25, 0.3) is 0 Å². The molecule has 8 bridgehead atoms. The molecule has 0 radical (unpaired) electrons. The molecule has 0 aliphatic carbocycles. The number of aldehydes is 1. The molecule has 2 N–H and O–H groups in total. The number of hydrogen-bond acceptors (Lipinski definition) is 13. The van der Waals surface area contributed by atoms with Crippen LogP contribution in [0.2, 0.25) is 0 Å². The highest BCUT2D eigenvalue weighted by Crippen LogP contribution is 2.46. The van der Waals surface area contributed by atoms with E-state index in [0.717, 1.165) is 199 Å². The molecule has 520 valence electrons. The highest BCUT2D eigenvalue weighted by Gasteiger charge is 2.29. The molecule has 6 unspecified atom stereocenters. The molecule has 5 heterocycles. The summed E-state index contributed by atoms with van der Waals surface area (Å²) in [5.41, 5.74) is 5.48. The summed E-state index contributed by atoms with van der Waals surface area (Å²) in [5, 5.41) is 3.00. The molecule has 15 heteroatoms. The molecule has 0 saturated heterocycles. The maximum atomic E-state index is 12.7. The lowest BCUT2D eigenvalue weighted by Crippen LogP contribution is -2.14. The Bertz CT molecular complexity index is 3800. The first kappa shape index (κ1) is 73.0. The zero-order chi connectivity index (χ0) is 67.9. The van der Waals surface area contributed by atoms with Gasteiger partial charge in [0.1, 0.15) is 28.9 Å². The Morgan fingerprint density at radius 1 is 0.312 bits per heavy atom. The molecule has 3 aromatic heterocycles. The fourth-order valence-electron chi connectivity index (χ4n) is 13.2. The molecule has 15 nitrogen and oxygen atoms in total. The van der Waals surface area contributed by atoms with Gasteiger partial charge >= 0.3 is 0 Å². The number of aromatic nitrogens is 8. The fraction of sp³-hybridized carbons (Fsp3) is 0.593. The molecule has 9 rings (SSSR count). The third kappa shape index (κ3) is 18.5. The van der Waals surface area contributed by atoms with Crippen LogP contribution in [0.15, 0.2) is 54.6 Å². The number of carbonyl (C=O) groups is 1. The molecule has 4 aromatic carbocycles. The number of unbranched alkanes of at least 4 members (excludes halogenated alkanes) is 6. The van der Waals surface area contributed by atoms with Crippen molar-refractivity contribution in [2.45, 2.75) is 237 Å². The van der Waals surface area contributed by atoms with Gasteiger partial charge in [0, 0.05) is 49.4 Å². The predicted octanol–water partition coefficient (Wildman–Crippen LogP) is 22.3. The molecule has 0 fully saturated rings. The summed E-state index contributed by atoms with van der Waals surface area (Å²) in [6.45, 7) is 30.2. The first-order valence-corrected chi connectivity index (χ1v) is 37.7. The average Bonchev–Trinajstić information content (AvgIpc) is 1.60. The van der Waals surface area contributed by atoms with Crippen molar-refractivity contribution < 1.29 is 33.2 Å². The number of carbonyl (C=O) groups excluding carboxylic acids is 1. The summed E-state index contributed by atoms with van der Waals surface area (Å²) in [6.07, 6.45) is 26.9. The van der Waals surface area contributed by atoms with E-state index < -0.39 is 0 Å². The van der Waals surface area contributed by atoms with Gasteiger partial charge in [0.15, 0.2) is 57.8 Å². The van der Waals surface area contributed by atoms with E-state index in [-0.39, 0.29) is 0 Å². The summed E-state index contributed by atoms with van der Waals surface area (Å²) in [6, 6.07) is 18.0. The van der Waals surface area contributed by atoms with E-state index in [1.54, 1.807) is 0 Å². The second-order valence-electron chi connectivity index (χ2n) is 27.4. The second-order valence-corrected chi connectivity index (χ2v) is 27.4. The van der Waals surface area contributed by atoms with E-state index in [1.165, 1.54) is 0 Å². The van der Waals surface area contributed by atoms with Crippen molar-refractivity contribution in [3.8, 4) is 80.0 Å². The van der Waals surface area contributed by atoms with Gasteiger partial charge in [-0.2, -0.15) is 0 Å². The normalized spacial score (nSPS) is 13.8. The molecular weight excluding hydrogens is 1200 g/mol. The van der Waals surface area contributed by atoms with Crippen LogP contribution in [0, 0.1) is 35.5 Å². The SMILES string of the molecule is CCCCC(CC)COc1cc2c(cc1OCC(CC)CCCC)-c1nc-2nc2[nH]c(nc3nc(nc4[nH]c(n1)c1cc(OCC(CC)CCCC)c(OCC(CC)CCCC)cc41)-c1cc(OCC(CC)CCCC)c(OCC(CC)CCCC)cc1-3)c1cc(C=O)ccc21. The Morgan fingerprint density at radius 3 is 0.792 bits per heavy atom. The lowest BCUT2D eigenvalue weighted by molar-refractivity contribution is 0.112. The zero-order valence-corrected chi connectivity index (χ0v) is 60.5. The lowest BCUT2D eigenvalue weighted by atomic mass is 10.00. The maximum Gasteiger partial charge on any atom is 0.164 e. The third-order valence-corrected chi connectivity index (χ3v) is 20.3. The van der Waals surface area contributed by atoms with Crippen molar-refractivity contribution in [3.63, 3.8) is 0 Å². The molecule has 7 aromatic rings. The van der Waals surface area contributed by atoms with Crippen molar-refractivity contribution >= 4 is 50.4 Å². The molecule has 0 saturated carbocycles. The molecule has 0 amide bonds. The summed E-state index contributed by atoms with van der Waals surface area (Å²) < 4.78 is 41.9. The minimum atomic E-state index is 0.368. The van der Waals surface area contributed by atoms with Crippen LogP contribution in [0.4, 0.5) is 0 Å². The Labute approximate surface area is 573 Å². The number of nitrogens with one attached hydrogen (secondary N) is 2. The van der Waals surface area contributed by atoms with Gasteiger partial charge in [-0.25, -0.2) is 29.9 Å². The number of rotatable bonds is 43. The summed E-state index contributed by atoms with van der Waals surface area (Å²) in [7, 11) is 0. The maximum absolute atomic E-state index is 12.7. The fourth-order valence-corrected chi connectivity index (χ4v) is 13.2. The van der Waals surface area contributed by atoms with Gasteiger partial charge < -0.3 is 38.4 Å². The van der Waals surface area contributed by atoms with Gasteiger partial charge in [-0.05, 0) is 123 Å². The van der Waals surface area contributed by atoms with Crippen LogP contribution < -0.4 is 28.4 Å². The van der Waals surface area contributed by atoms with E-state index in [9.17, 15) is 4.79 Å². The number of benzene rings is 4. The predicted molar refractivity (Wildman–Crippen MR) is 394 cm³/mol. The third-order valence-electron chi connectivity index (χ3n) is 20.3. The van der Waals surface area contributed by atoms with Gasteiger partial charge in [-0.15, -0.1) is 0 Å². The van der Waals surface area contributed by atoms with Crippen LogP contribution >= 0.6 is 0 Å². The minimum Gasteiger partial charge on any atom is -0.489 e. The van der Waals surface area contributed by atoms with Gasteiger partial charge in [0.2, 0.25) is 0 Å². The van der Waals surface area contributed by atoms with Gasteiger partial charge in [-0.1, -0.05) is 205 Å². The van der Waals surface area contributed by atoms with Crippen molar-refractivity contribution in [3.05, 3.63) is 60.2 Å². The smallest absolute Gasteiger partial charge is 0.164 e. The number of hydrogen-bond donors (Lipinski definition) is 2. The summed E-state index contributed by atoms with van der Waals surface area (Å²) >= 11 is 0. The van der Waals surface area contributed by atoms with Gasteiger partial charge in [-0.3, -0.25) is 4.79 Å². The zero-order valence-electron chi connectivity index (χ0n) is 60.5. The van der Waals surface area contributed by atoms with Crippen molar-refractivity contribution in [2.24, 2.45) is 35.5 Å². The summed E-state index contributed by atoms with van der Waals surface area (Å²) in [5.74, 6) is 7.81. The summed E-state index contributed by atoms with van der Waals surface area (Å²) in [4.78, 5) is 53.1. The van der Waals surface area contributed by atoms with Crippen LogP contribution in [0.5, 0.6) is 34.5 Å². The van der Waals surface area contributed by atoms with Crippen LogP contribution in [0.1, 0.15) is 248 Å². The monoisotopic (exact) mass is 1310 g/mol. The average molecular weight is 1310 g/mol. The number of H-pyrrole nitrogens is 2. The quantitative estimate of drug-likeness (QED) is 0.0345. The first-order valence-electron chi connectivity index (χ1n) is 37.7. The van der Waals surface area contributed by atoms with Crippen LogP contribution in [0.3, 0.4) is 0 Å². The van der Waals surface area contributed by atoms with E-state index in [0.29, 0.717) is 166 Å². The van der Waals surface area contributed by atoms with Crippen molar-refractivity contribution in [2.75, 3.05) is 39.6 Å². The largest absolute Gasteiger partial charge is 0.489 e. The molecule has 96 heavy (non-hydrogen) atoms. The Kier molecular flexibility index (Phi) is 28.0. The Morgan fingerprint density at radius 2 is 0.552 bits per heavy atom. The van der Waals surface area contributed by atoms with E-state index in [4.69, 9.17) is 58.3 Å². The van der Waals surface area contributed by atoms with E-state index in [2.05, 4.69) is 123 Å². The number of ether oxygens (including phenoxy) is 6. The minimum absolute atomic E-state index is 0.368. The van der Waals surface area contributed by atoms with Crippen molar-refractivity contribution in [1.82, 2.24) is 39.9 Å². The number of nitrogens with zero attached hydrogens (tertiary/aromatic N) is 6. The highest BCUT2D eigenvalue weighted by molar-refractivity contribution is 6.08. The van der Waals surface area contributed by atoms with E-state index >= 15 is 0 Å². The van der Waals surface area contributed by atoms with Crippen LogP contribution in [0.25, 0.3) is 89.7 Å². The topological polar surface area (TPSA) is 181 Å². The standard InChI is InChI=1S/C81H114N8O7/c1-13-25-31-53(19-7)47-91-68-40-62-63(41-69(68)92-48-54(20-8)32-26-14-2)78-85-76(62)83-74-60-38-37-59(46-90)39-61(60)75(82-74)84-77-64-42-70(93-49-55(21-9)33-27-15-3)71(94-50-56(22-10)34-28-16-4)43-65(64)79(86-77)88-81-67-45-73(96-52-58(24-12)36-30-18-6)72(44-66(67)80(87-78)89-81)95-51-57(23-11)35-29-17-5/h37-46,53-58H,13-36,47-52H2,1-12H3,(H2,82,83,84,85,86,87,88,89). The molecule has 2 aliphatic heterocycles.